The minimum absolute atomic E-state index is 0.00150. The third-order valence-electron chi connectivity index (χ3n) is 24.0. The number of halogens is 3. The number of carbonyl (C=O) groups excluding carboxylic acids is 1. The molecule has 0 amide bonds. The quantitative estimate of drug-likeness (QED) is 0.0933. The van der Waals surface area contributed by atoms with Crippen LogP contribution < -0.4 is 0 Å². The first-order valence-electron chi connectivity index (χ1n) is 109. The van der Waals surface area contributed by atoms with Gasteiger partial charge in [0.15, 0.2) is 23.3 Å². The fraction of sp³-hybridized carbons (Fsp3) is 0.368. The summed E-state index contributed by atoms with van der Waals surface area (Å²) in [7, 11) is -9.32. The fourth-order valence-corrected chi connectivity index (χ4v) is 19.8. The van der Waals surface area contributed by atoms with Crippen molar-refractivity contribution in [2.75, 3.05) is 36.0 Å². The molecule has 21 nitrogen and oxygen atoms in total. The number of ketones is 1. The molecule has 728 valence electrons. The first-order valence-corrected chi connectivity index (χ1v) is 44.1. The van der Waals surface area contributed by atoms with Crippen molar-refractivity contribution in [3.63, 3.8) is 0 Å². The Bertz CT molecular complexity index is 6270. The van der Waals surface area contributed by atoms with Crippen molar-refractivity contribution in [1.29, 1.82) is 0 Å². The van der Waals surface area contributed by atoms with Crippen LogP contribution in [0.5, 0.6) is 0 Å². The van der Waals surface area contributed by atoms with Crippen molar-refractivity contribution >= 4 is 35.3 Å². The second kappa shape index (κ2) is 31.1. The zero-order valence-electron chi connectivity index (χ0n) is 207. The van der Waals surface area contributed by atoms with E-state index in [1.807, 2.05) is 39.0 Å². The molecule has 27 heteroatoms. The van der Waals surface area contributed by atoms with Crippen LogP contribution in [0.1, 0.15) is 346 Å². The standard InChI is InChI=1S/2C29H29FN4O3S.C29H27FN4O3S.71H2/c1-17-23-11-10-22-25(21-6-4-5-7-24(21)30)33-28(18-8-9-20(31-15-18)12-13-38(3,35)36)34-27(22)29(23,2)14-19-16-32-37-26(17)19;2*1-17-22-12-11-21-25(20-7-5-6-8-23(20)30)33-28(18-9-10-19(32-16-18)13-14-38(4,36)37)34-27(21)29(22,2)15-24(31-3)26(17)35;;;;;;;;;;;;;;;;;;;;;;;;;;;;;;;;;;;;;;;;;;;;;;;;;;;;;;;;;;;;;;;;;;;;;;;/h4-9,15-17,23H,10-14H2,1-3H3;5-10,16-17,22,35H,11-15H2,1-2,4H3;5-10,15-17,22H,11-14H2,1-2,4H3;71*1H/t17-,23-,29-;2*17-,22-,29-;;;;;;;;;;;;;;;;;;;;;;;;;;;;;;;;;;;;;;;;;;;;;;;;;;;;;;;;;;;;;;;;;;;;;;;/m111......................................................................./s1/i;;;71*1+2T. The van der Waals surface area contributed by atoms with Gasteiger partial charge in [-0.15, -0.1) is 0 Å². The van der Waals surface area contributed by atoms with E-state index in [1.54, 1.807) is 104 Å². The molecule has 10 aromatic rings. The maximum Gasteiger partial charge on any atom is 0.226 e. The zero-order chi connectivity index (χ0) is 223. The summed E-state index contributed by atoms with van der Waals surface area (Å²) < 4.78 is 830. The molecule has 0 unspecified atom stereocenters. The van der Waals surface area contributed by atoms with Gasteiger partial charge in [-0.1, -0.05) is 89.2 Å². The largest absolute Gasteiger partial charge is 0.523 e. The number of aliphatic hydroxyl groups is 1. The van der Waals surface area contributed by atoms with Crippen LogP contribution in [0.4, 0.5) is 13.2 Å². The molecule has 3 aromatic carbocycles. The number of fused-ring (bicyclic) bond motifs is 10. The normalized spacial score (nSPS) is 27.7. The molecule has 0 spiro atoms. The maximum atomic E-state index is 15.1. The van der Waals surface area contributed by atoms with Crippen LogP contribution in [0.15, 0.2) is 162 Å². The van der Waals surface area contributed by atoms with Crippen molar-refractivity contribution in [2.45, 2.75) is 134 Å². The number of aliphatic hydroxyl groups excluding tert-OH is 1. The van der Waals surface area contributed by atoms with Crippen LogP contribution in [0, 0.1) is 60.2 Å². The number of rotatable bonds is 15. The molecule has 0 radical (unpaired) electrons. The molecule has 9 atom stereocenters. The van der Waals surface area contributed by atoms with Gasteiger partial charge in [-0.2, -0.15) is 0 Å². The van der Waals surface area contributed by atoms with E-state index in [2.05, 4.69) is 50.6 Å². The summed E-state index contributed by atoms with van der Waals surface area (Å²) in [5.74, 6) is 1.08. The number of aromatic nitrogens is 10. The van der Waals surface area contributed by atoms with Crippen molar-refractivity contribution < 1.29 is 264 Å². The first kappa shape index (κ1) is 30.7. The van der Waals surface area contributed by atoms with Gasteiger partial charge >= 0.3 is 0 Å². The molecular formula is C87H227F3N12O9S3. The predicted octanol–water partition coefficient (Wildman–Crippen LogP) is 32.8. The Morgan fingerprint density at radius 2 is 0.895 bits per heavy atom. The predicted molar refractivity (Wildman–Crippen MR) is 577 cm³/mol. The van der Waals surface area contributed by atoms with Crippen molar-refractivity contribution in [2.24, 2.45) is 29.6 Å². The molecular weight excluding hydrogens is 1510 g/mol. The number of sulfone groups is 3. The number of allylic oxidation sites excluding steroid dienone is 4. The summed E-state index contributed by atoms with van der Waals surface area (Å²) in [5, 5.41) is 14.8. The van der Waals surface area contributed by atoms with Crippen LogP contribution in [0.3, 0.4) is 0 Å². The highest BCUT2D eigenvalue weighted by Crippen LogP contribution is 2.57. The smallest absolute Gasteiger partial charge is 0.226 e. The molecule has 0 bridgehead atoms. The molecule has 6 aliphatic rings. The van der Waals surface area contributed by atoms with E-state index in [0.717, 1.165) is 65.1 Å². The molecule has 6 aliphatic carbocycles. The monoisotopic (exact) mass is 2020 g/mol. The van der Waals surface area contributed by atoms with Gasteiger partial charge in [0.25, 0.3) is 0 Å². The van der Waals surface area contributed by atoms with Gasteiger partial charge in [-0.05, 0) is 142 Å². The van der Waals surface area contributed by atoms with Crippen LogP contribution in [-0.4, -0.2) is 122 Å². The van der Waals surface area contributed by atoms with Crippen LogP contribution >= 0.6 is 0 Å². The van der Waals surface area contributed by atoms with Gasteiger partial charge in [0, 0.05) is 374 Å². The Balaban J connectivity index is -0.0000000305. The van der Waals surface area contributed by atoms with Gasteiger partial charge in [0.05, 0.1) is 76.5 Å². The summed E-state index contributed by atoms with van der Waals surface area (Å²) in [5.41, 5.74) is 11.8. The molecule has 1 N–H and O–H groups in total. The second-order valence-electron chi connectivity index (χ2n) is 31.8. The molecule has 7 heterocycles. The summed E-state index contributed by atoms with van der Waals surface area (Å²) >= 11 is 0. The number of Topliss-reactive ketones (excluding diaryl/α,β-unsaturated/α-hetero) is 1. The molecule has 16 rings (SSSR count). The third-order valence-corrected chi connectivity index (χ3v) is 26.9. The van der Waals surface area contributed by atoms with Gasteiger partial charge in [-0.25, -0.2) is 78.0 Å². The Kier molecular flexibility index (Phi) is 8.39. The lowest BCUT2D eigenvalue weighted by atomic mass is 9.56. The van der Waals surface area contributed by atoms with E-state index in [1.165, 1.54) is 37.0 Å². The number of hydrogen-bond donors (Lipinski definition) is 1. The number of pyridine rings is 3. The first-order chi connectivity index (χ1) is 125. The summed E-state index contributed by atoms with van der Waals surface area (Å²) in [6, 6.07) is 30.5. The van der Waals surface area contributed by atoms with E-state index >= 15 is 13.2 Å². The lowest BCUT2D eigenvalue weighted by Crippen LogP contribution is -2.46. The van der Waals surface area contributed by atoms with Gasteiger partial charge in [0.1, 0.15) is 52.7 Å². The minimum atomic E-state index is -3.12. The van der Waals surface area contributed by atoms with E-state index in [4.69, 9.17) is 258 Å². The van der Waals surface area contributed by atoms with E-state index in [-0.39, 0.29) is 81.1 Å². The maximum absolute atomic E-state index is 15.1. The average molecular weight is 2020 g/mol. The summed E-state index contributed by atoms with van der Waals surface area (Å²) in [6.07, 6.45) is 18.4. The topological polar surface area (TPSA) is 290 Å². The Hall–Kier alpha value is -10.9. The third kappa shape index (κ3) is 15.7. The number of nitrogens with zero attached hydrogens (tertiary/aromatic N) is 12. The van der Waals surface area contributed by atoms with Gasteiger partial charge in [-0.3, -0.25) is 15.0 Å². The molecule has 7 aromatic heterocycles. The number of aryl methyl sites for hydroxylation is 3. The highest BCUT2D eigenvalue weighted by molar-refractivity contribution is 7.91. The SMILES string of the molecule is C[C@H]1c2oncc2C[C@@]2(C)c3nc(-c4ccc(CCS(C)(=O)=O)nc4)nc(-c4ccccc4F)c3CC[C@H]12.[3H][3H].[3H][3H].[3H][3H].[3H][3H].[3H][3H].[3H][3H].[3H][3H].[3H][3H].[3H][3H].[3H][3H].[3H][3H].[3H][3H].[3H][3H].[3H][3H].[3H][3H].[3H][3H].[3H][3H].[3H][3H].[3H][3H].[3H][3H].[3H][3H].[3H][3H].[3H][3H].[3H][3H].[3H][3H].[3H][3H].[3H][3H].[3H][3H].[3H][3H].[3H][3H].[3H][3H].[3H][3H].[3H][3H].[3H][3H].[3H][3H].[3H][3H].[3H][3H].[3H][3H].[3H][3H].[3H][3H].[3H][3H].[3H][3H].[3H][3H].[3H][3H].[3H][3H].[3H][3H].[3H][3H].[3H][3H].[3H][3H].[3H][3H].[3H][3H].[3H][3H].[3H][3H].[3H][3H].[3H][3H].[3H][3H].[3H][3H].[3H][3H].[3H][3H].[3H][3H].[3H][3H].[3H][3H].[3H][3H].[3H][3H].[3H][3H].[3H][3H].[3H][3H].[3H][3H].[3H][3H].[3H][3H].[3H][3H].[C-]#[N+]C1=C(O)[C@H](C)[C@H]2CCc3c(-c4ccccc4F)nc(-c4ccc(CCS(C)(=O)=O)nc4)nc3[C@]2(C)C1.[C-]#[N+]C1=C[C@@]2(C)c3nc(-c4ccc(CCS(C)(=O)=O)nc4)nc(-c4ccccc4F)c3CC[C@@H]2[C@@H](C)C1=O. The van der Waals surface area contributed by atoms with E-state index in [9.17, 15) is 35.2 Å². The molecule has 0 fully saturated rings. The Morgan fingerprint density at radius 3 is 1.28 bits per heavy atom. The van der Waals surface area contributed by atoms with Crippen molar-refractivity contribution in [3.05, 3.63) is 260 Å². The minimum Gasteiger partial charge on any atom is -0.523 e. The summed E-state index contributed by atoms with van der Waals surface area (Å²) in [4.78, 5) is 63.0. The van der Waals surface area contributed by atoms with Crippen molar-refractivity contribution in [3.8, 4) is 67.9 Å². The highest BCUT2D eigenvalue weighted by Gasteiger charge is 2.54. The van der Waals surface area contributed by atoms with Crippen LogP contribution in [0.2, 0.25) is 0 Å². The summed E-state index contributed by atoms with van der Waals surface area (Å²) in [6.45, 7) is 27.6. The van der Waals surface area contributed by atoms with E-state index < -0.39 is 46.2 Å². The Labute approximate surface area is 880 Å². The van der Waals surface area contributed by atoms with Crippen LogP contribution in [-0.2, 0) is 95.5 Å². The number of hydrogen-bond acceptors (Lipinski definition) is 19. The highest BCUT2D eigenvalue weighted by atomic mass is 32.2. The lowest BCUT2D eigenvalue weighted by Gasteiger charge is -2.48. The zero-order valence-corrected chi connectivity index (χ0v) is 67.0. The molecule has 0 saturated carbocycles. The molecule has 114 heavy (non-hydrogen) atoms. The number of carbonyl (C=O) groups is 1. The fourth-order valence-electron chi connectivity index (χ4n) is 18.1. The number of benzene rings is 3. The van der Waals surface area contributed by atoms with Crippen molar-refractivity contribution in [1.82, 2.24) is 50.0 Å². The van der Waals surface area contributed by atoms with Crippen LogP contribution in [0.25, 0.3) is 77.6 Å². The van der Waals surface area contributed by atoms with Gasteiger partial charge < -0.3 is 14.4 Å². The molecule has 0 aliphatic heterocycles. The Morgan fingerprint density at radius 1 is 0.509 bits per heavy atom. The molecule has 0 saturated heterocycles. The second-order valence-corrected chi connectivity index (χ2v) is 38.6. The lowest BCUT2D eigenvalue weighted by molar-refractivity contribution is -0.121. The van der Waals surface area contributed by atoms with Gasteiger partial charge in [0.2, 0.25) is 11.4 Å². The van der Waals surface area contributed by atoms with E-state index in [0.29, 0.717) is 147 Å². The average Bonchev–Trinajstić information content (AvgIpc) is 1.44.